The fraction of sp³-hybridized carbons (Fsp3) is 0.375. The number of rotatable bonds is 4. The molecule has 0 aliphatic rings. The van der Waals surface area contributed by atoms with Crippen molar-refractivity contribution in [3.05, 3.63) is 34.2 Å². The van der Waals surface area contributed by atoms with Crippen molar-refractivity contribution in [1.82, 2.24) is 20.0 Å². The quantitative estimate of drug-likeness (QED) is 0.606. The lowest BCUT2D eigenvalue weighted by atomic mass is 10.4. The second-order valence-electron chi connectivity index (χ2n) is 3.52. The summed E-state index contributed by atoms with van der Waals surface area (Å²) in [6, 6.07) is 0. The maximum atomic E-state index is 12.8. The van der Waals surface area contributed by atoms with Gasteiger partial charge in [-0.3, -0.25) is 0 Å². The molecule has 0 atom stereocenters. The summed E-state index contributed by atoms with van der Waals surface area (Å²) in [6.07, 6.45) is 1.98. The average molecular weight is 259 g/mol. The van der Waals surface area contributed by atoms with E-state index in [1.54, 1.807) is 0 Å². The Kier molecular flexibility index (Phi) is 2.77. The van der Waals surface area contributed by atoms with Crippen molar-refractivity contribution in [1.29, 1.82) is 0 Å². The third-order valence-electron chi connectivity index (χ3n) is 1.94. The minimum atomic E-state index is -3.18. The molecule has 8 nitrogen and oxygen atoms in total. The Labute approximate surface area is 98.4 Å². The van der Waals surface area contributed by atoms with Gasteiger partial charge in [-0.25, -0.2) is 4.98 Å². The van der Waals surface area contributed by atoms with Crippen LogP contribution in [0.4, 0.5) is 14.6 Å². The van der Waals surface area contributed by atoms with Gasteiger partial charge in [0.25, 0.3) is 5.89 Å². The third-order valence-corrected chi connectivity index (χ3v) is 1.94. The van der Waals surface area contributed by atoms with Crippen LogP contribution in [0.3, 0.4) is 0 Å². The molecule has 2 aromatic heterocycles. The summed E-state index contributed by atoms with van der Waals surface area (Å²) < 4.78 is 30.3. The van der Waals surface area contributed by atoms with Gasteiger partial charge in [0.15, 0.2) is 6.20 Å². The van der Waals surface area contributed by atoms with E-state index in [0.717, 1.165) is 17.3 Å². The molecule has 96 valence electrons. The molecule has 2 rings (SSSR count). The minimum absolute atomic E-state index is 0.0899. The first-order valence-corrected chi connectivity index (χ1v) is 4.73. The van der Waals surface area contributed by atoms with Gasteiger partial charge in [-0.2, -0.15) is 8.78 Å². The van der Waals surface area contributed by atoms with E-state index in [4.69, 9.17) is 0 Å². The maximum Gasteiger partial charge on any atom is 0.410 e. The number of nitro groups is 1. The van der Waals surface area contributed by atoms with E-state index in [2.05, 4.69) is 19.6 Å². The summed E-state index contributed by atoms with van der Waals surface area (Å²) in [5, 5.41) is 17.5. The Morgan fingerprint density at radius 2 is 2.33 bits per heavy atom. The zero-order chi connectivity index (χ0) is 13.3. The first-order chi connectivity index (χ1) is 8.36. The normalized spacial score (nSPS) is 11.7. The van der Waals surface area contributed by atoms with Crippen LogP contribution in [-0.4, -0.2) is 24.9 Å². The highest BCUT2D eigenvalue weighted by Crippen LogP contribution is 2.25. The first kappa shape index (κ1) is 12.1. The Morgan fingerprint density at radius 3 is 2.83 bits per heavy atom. The van der Waals surface area contributed by atoms with Gasteiger partial charge < -0.3 is 14.5 Å². The summed E-state index contributed by atoms with van der Waals surface area (Å²) in [6.45, 7) is 0.563. The van der Waals surface area contributed by atoms with E-state index in [9.17, 15) is 18.9 Å². The van der Waals surface area contributed by atoms with Gasteiger partial charge >= 0.3 is 11.7 Å². The Morgan fingerprint density at radius 1 is 1.61 bits per heavy atom. The summed E-state index contributed by atoms with van der Waals surface area (Å²) in [4.78, 5) is 14.2. The van der Waals surface area contributed by atoms with Crippen LogP contribution in [0.5, 0.6) is 0 Å². The van der Waals surface area contributed by atoms with E-state index in [0.29, 0.717) is 6.92 Å². The topological polar surface area (TPSA) is 99.9 Å². The molecule has 0 aliphatic carbocycles. The van der Waals surface area contributed by atoms with Crippen LogP contribution in [0.2, 0.25) is 0 Å². The van der Waals surface area contributed by atoms with E-state index in [-0.39, 0.29) is 12.2 Å². The fourth-order valence-electron chi connectivity index (χ4n) is 1.17. The van der Waals surface area contributed by atoms with Crippen LogP contribution in [0, 0.1) is 10.1 Å². The van der Waals surface area contributed by atoms with Crippen molar-refractivity contribution >= 4 is 5.82 Å². The monoisotopic (exact) mass is 259 g/mol. The summed E-state index contributed by atoms with van der Waals surface area (Å²) in [5.41, 5.74) is 0.150. The van der Waals surface area contributed by atoms with Gasteiger partial charge in [0, 0.05) is 6.92 Å². The van der Waals surface area contributed by atoms with Gasteiger partial charge in [-0.15, -0.1) is 5.10 Å². The van der Waals surface area contributed by atoms with Gasteiger partial charge in [0.2, 0.25) is 0 Å². The van der Waals surface area contributed by atoms with E-state index in [1.165, 1.54) is 0 Å². The van der Waals surface area contributed by atoms with E-state index < -0.39 is 22.6 Å². The standard InChI is InChI=1S/C8H7F2N5O3/c1-8(9,10)7-12-5(4-18-7)3-14-11-2-6(13-14)15(16)17/h2,4H,3H2,1H3. The van der Waals surface area contributed by atoms with Crippen LogP contribution in [0.15, 0.2) is 16.9 Å². The molecule has 0 saturated heterocycles. The highest BCUT2D eigenvalue weighted by atomic mass is 19.3. The number of nitrogens with zero attached hydrogens (tertiary/aromatic N) is 5. The van der Waals surface area contributed by atoms with Gasteiger partial charge in [-0.1, -0.05) is 4.80 Å². The molecule has 0 aromatic carbocycles. The van der Waals surface area contributed by atoms with E-state index >= 15 is 0 Å². The van der Waals surface area contributed by atoms with Crippen LogP contribution in [-0.2, 0) is 12.5 Å². The van der Waals surface area contributed by atoms with Crippen molar-refractivity contribution in [2.75, 3.05) is 0 Å². The highest BCUT2D eigenvalue weighted by Gasteiger charge is 2.31. The summed E-state index contributed by atoms with van der Waals surface area (Å²) >= 11 is 0. The maximum absolute atomic E-state index is 12.8. The van der Waals surface area contributed by atoms with Crippen molar-refractivity contribution in [2.24, 2.45) is 0 Å². The number of halogens is 2. The molecule has 0 unspecified atom stereocenters. The number of aromatic nitrogens is 4. The predicted molar refractivity (Wildman–Crippen MR) is 51.8 cm³/mol. The van der Waals surface area contributed by atoms with Crippen LogP contribution in [0.25, 0.3) is 0 Å². The van der Waals surface area contributed by atoms with E-state index in [1.807, 2.05) is 0 Å². The number of hydrogen-bond acceptors (Lipinski definition) is 6. The van der Waals surface area contributed by atoms with Crippen molar-refractivity contribution in [3.8, 4) is 0 Å². The Hall–Kier alpha value is -2.39. The van der Waals surface area contributed by atoms with Gasteiger partial charge in [-0.05, 0) is 4.92 Å². The molecule has 2 heterocycles. The predicted octanol–water partition coefficient (Wildman–Crippen LogP) is 1.33. The van der Waals surface area contributed by atoms with Gasteiger partial charge in [0.1, 0.15) is 18.5 Å². The highest BCUT2D eigenvalue weighted by molar-refractivity contribution is 5.09. The molecule has 0 saturated carbocycles. The summed E-state index contributed by atoms with van der Waals surface area (Å²) in [5.74, 6) is -4.33. The number of oxazole rings is 1. The lowest BCUT2D eigenvalue weighted by Crippen LogP contribution is -2.09. The number of hydrogen-bond donors (Lipinski definition) is 0. The SMILES string of the molecule is CC(F)(F)c1nc(Cn2ncc([N+](=O)[O-])n2)co1. The second kappa shape index (κ2) is 4.13. The Balaban J connectivity index is 2.14. The minimum Gasteiger partial charge on any atom is -0.443 e. The van der Waals surface area contributed by atoms with Crippen LogP contribution >= 0.6 is 0 Å². The molecule has 0 spiro atoms. The average Bonchev–Trinajstić information content (AvgIpc) is 2.85. The van der Waals surface area contributed by atoms with Crippen molar-refractivity contribution in [2.45, 2.75) is 19.4 Å². The lowest BCUT2D eigenvalue weighted by Gasteiger charge is -2.02. The van der Waals surface area contributed by atoms with Crippen LogP contribution < -0.4 is 0 Å². The third kappa shape index (κ3) is 2.47. The molecular formula is C8H7F2N5O3. The smallest absolute Gasteiger partial charge is 0.410 e. The number of alkyl halides is 2. The lowest BCUT2D eigenvalue weighted by molar-refractivity contribution is -0.389. The van der Waals surface area contributed by atoms with Crippen LogP contribution in [0.1, 0.15) is 18.5 Å². The molecule has 0 N–H and O–H groups in total. The molecule has 2 aromatic rings. The zero-order valence-electron chi connectivity index (χ0n) is 9.08. The summed E-state index contributed by atoms with van der Waals surface area (Å²) in [7, 11) is 0. The Bertz CT molecular complexity index is 573. The molecule has 0 aliphatic heterocycles. The molecular weight excluding hydrogens is 252 g/mol. The second-order valence-corrected chi connectivity index (χ2v) is 3.52. The molecule has 0 radical (unpaired) electrons. The molecule has 10 heteroatoms. The molecule has 0 bridgehead atoms. The first-order valence-electron chi connectivity index (χ1n) is 4.73. The molecule has 0 fully saturated rings. The zero-order valence-corrected chi connectivity index (χ0v) is 9.08. The molecule has 18 heavy (non-hydrogen) atoms. The molecule has 0 amide bonds. The van der Waals surface area contributed by atoms with Crippen molar-refractivity contribution < 1.29 is 18.1 Å². The fourth-order valence-corrected chi connectivity index (χ4v) is 1.17. The van der Waals surface area contributed by atoms with Crippen molar-refractivity contribution in [3.63, 3.8) is 0 Å². The largest absolute Gasteiger partial charge is 0.443 e. The van der Waals surface area contributed by atoms with Gasteiger partial charge in [0.05, 0.1) is 5.10 Å².